The van der Waals surface area contributed by atoms with Gasteiger partial charge in [-0.2, -0.15) is 0 Å². The minimum Gasteiger partial charge on any atom is -0.384 e. The van der Waals surface area contributed by atoms with Crippen LogP contribution in [-0.2, 0) is 16.0 Å². The molecule has 1 aromatic rings. The predicted molar refractivity (Wildman–Crippen MR) is 83.1 cm³/mol. The SMILES string of the molecule is CC(C)[C@H](N)C(=O)NCC(=O)Nc1ccc2c(c1)CCN2. The molecule has 0 aliphatic carbocycles. The number of anilines is 2. The van der Waals surface area contributed by atoms with Crippen LogP contribution in [0.15, 0.2) is 18.2 Å². The summed E-state index contributed by atoms with van der Waals surface area (Å²) in [5.74, 6) is -0.527. The summed E-state index contributed by atoms with van der Waals surface area (Å²) in [6, 6.07) is 5.15. The van der Waals surface area contributed by atoms with E-state index in [1.165, 1.54) is 5.56 Å². The average molecular weight is 290 g/mol. The first-order valence-corrected chi connectivity index (χ1v) is 7.17. The van der Waals surface area contributed by atoms with Gasteiger partial charge in [0, 0.05) is 17.9 Å². The van der Waals surface area contributed by atoms with Crippen molar-refractivity contribution in [1.29, 1.82) is 0 Å². The van der Waals surface area contributed by atoms with Crippen molar-refractivity contribution in [3.63, 3.8) is 0 Å². The Labute approximate surface area is 124 Å². The van der Waals surface area contributed by atoms with E-state index in [9.17, 15) is 9.59 Å². The van der Waals surface area contributed by atoms with Gasteiger partial charge in [0.15, 0.2) is 0 Å². The molecule has 0 saturated heterocycles. The molecule has 0 bridgehead atoms. The summed E-state index contributed by atoms with van der Waals surface area (Å²) >= 11 is 0. The van der Waals surface area contributed by atoms with Crippen LogP contribution in [0.1, 0.15) is 19.4 Å². The number of hydrogen-bond donors (Lipinski definition) is 4. The zero-order chi connectivity index (χ0) is 15.4. The topological polar surface area (TPSA) is 96.2 Å². The summed E-state index contributed by atoms with van der Waals surface area (Å²) < 4.78 is 0. The maximum absolute atomic E-state index is 11.8. The molecule has 114 valence electrons. The monoisotopic (exact) mass is 290 g/mol. The van der Waals surface area contributed by atoms with Gasteiger partial charge in [-0.25, -0.2) is 0 Å². The quantitative estimate of drug-likeness (QED) is 0.641. The normalized spacial score (nSPS) is 14.3. The molecule has 6 nitrogen and oxygen atoms in total. The molecule has 6 heteroatoms. The molecule has 0 aromatic heterocycles. The fourth-order valence-electron chi connectivity index (χ4n) is 2.18. The van der Waals surface area contributed by atoms with Crippen molar-refractivity contribution in [3.05, 3.63) is 23.8 Å². The molecule has 1 aromatic carbocycles. The number of carbonyl (C=O) groups excluding carboxylic acids is 2. The van der Waals surface area contributed by atoms with Crippen LogP contribution in [0.5, 0.6) is 0 Å². The Balaban J connectivity index is 1.83. The van der Waals surface area contributed by atoms with Crippen molar-refractivity contribution in [2.45, 2.75) is 26.3 Å². The summed E-state index contributed by atoms with van der Waals surface area (Å²) in [4.78, 5) is 23.5. The van der Waals surface area contributed by atoms with Gasteiger partial charge >= 0.3 is 0 Å². The fourth-order valence-corrected chi connectivity index (χ4v) is 2.18. The Morgan fingerprint density at radius 2 is 2.14 bits per heavy atom. The number of amides is 2. The van der Waals surface area contributed by atoms with E-state index in [2.05, 4.69) is 16.0 Å². The van der Waals surface area contributed by atoms with Gasteiger partial charge in [-0.05, 0) is 36.1 Å². The van der Waals surface area contributed by atoms with Crippen molar-refractivity contribution in [2.75, 3.05) is 23.7 Å². The molecular weight excluding hydrogens is 268 g/mol. The highest BCUT2D eigenvalue weighted by Crippen LogP contribution is 2.25. The number of nitrogens with two attached hydrogens (primary N) is 1. The molecule has 0 spiro atoms. The van der Waals surface area contributed by atoms with Crippen LogP contribution in [-0.4, -0.2) is 30.9 Å². The van der Waals surface area contributed by atoms with Crippen LogP contribution in [0.25, 0.3) is 0 Å². The molecule has 1 aliphatic rings. The standard InChI is InChI=1S/C15H22N4O2/c1-9(2)14(16)15(21)18-8-13(20)19-11-3-4-12-10(7-11)5-6-17-12/h3-4,7,9,14,17H,5-6,8,16H2,1-2H3,(H,18,21)(H,19,20)/t14-/m0/s1. The van der Waals surface area contributed by atoms with Crippen molar-refractivity contribution in [2.24, 2.45) is 11.7 Å². The van der Waals surface area contributed by atoms with Gasteiger partial charge in [0.25, 0.3) is 0 Å². The molecule has 1 heterocycles. The van der Waals surface area contributed by atoms with Crippen molar-refractivity contribution in [1.82, 2.24) is 5.32 Å². The lowest BCUT2D eigenvalue weighted by Gasteiger charge is -2.15. The van der Waals surface area contributed by atoms with Gasteiger partial charge in [-0.15, -0.1) is 0 Å². The highest BCUT2D eigenvalue weighted by molar-refractivity contribution is 5.95. The van der Waals surface area contributed by atoms with Gasteiger partial charge in [0.2, 0.25) is 11.8 Å². The Kier molecular flexibility index (Phi) is 4.80. The lowest BCUT2D eigenvalue weighted by molar-refractivity contribution is -0.125. The van der Waals surface area contributed by atoms with E-state index >= 15 is 0 Å². The summed E-state index contributed by atoms with van der Waals surface area (Å²) in [5.41, 5.74) is 8.76. The van der Waals surface area contributed by atoms with Gasteiger partial charge in [-0.1, -0.05) is 13.8 Å². The second-order valence-electron chi connectivity index (χ2n) is 5.58. The molecule has 0 unspecified atom stereocenters. The maximum Gasteiger partial charge on any atom is 0.243 e. The van der Waals surface area contributed by atoms with E-state index in [0.29, 0.717) is 0 Å². The van der Waals surface area contributed by atoms with Crippen LogP contribution < -0.4 is 21.7 Å². The lowest BCUT2D eigenvalue weighted by Crippen LogP contribution is -2.46. The molecule has 21 heavy (non-hydrogen) atoms. The molecule has 0 saturated carbocycles. The molecule has 2 rings (SSSR count). The maximum atomic E-state index is 11.8. The van der Waals surface area contributed by atoms with Gasteiger partial charge in [0.05, 0.1) is 12.6 Å². The first kappa shape index (κ1) is 15.3. The smallest absolute Gasteiger partial charge is 0.243 e. The minimum absolute atomic E-state index is 0.0391. The predicted octanol–water partition coefficient (Wildman–Crippen LogP) is 0.693. The Morgan fingerprint density at radius 1 is 1.38 bits per heavy atom. The van der Waals surface area contributed by atoms with Crippen LogP contribution in [0.4, 0.5) is 11.4 Å². The second kappa shape index (κ2) is 6.58. The van der Waals surface area contributed by atoms with Crippen molar-refractivity contribution in [3.8, 4) is 0 Å². The molecular formula is C15H22N4O2. The number of hydrogen-bond acceptors (Lipinski definition) is 4. The third kappa shape index (κ3) is 3.95. The molecule has 0 radical (unpaired) electrons. The number of nitrogens with one attached hydrogen (secondary N) is 3. The summed E-state index contributed by atoms with van der Waals surface area (Å²) in [5, 5.41) is 8.58. The Morgan fingerprint density at radius 3 is 2.86 bits per heavy atom. The first-order valence-electron chi connectivity index (χ1n) is 7.17. The molecule has 5 N–H and O–H groups in total. The zero-order valence-corrected chi connectivity index (χ0v) is 12.4. The second-order valence-corrected chi connectivity index (χ2v) is 5.58. The number of rotatable bonds is 5. The lowest BCUT2D eigenvalue weighted by atomic mass is 10.1. The van der Waals surface area contributed by atoms with E-state index in [1.54, 1.807) is 0 Å². The molecule has 0 fully saturated rings. The third-order valence-electron chi connectivity index (χ3n) is 3.54. The van der Waals surface area contributed by atoms with E-state index in [-0.39, 0.29) is 24.3 Å². The van der Waals surface area contributed by atoms with Crippen LogP contribution in [0.2, 0.25) is 0 Å². The van der Waals surface area contributed by atoms with Gasteiger partial charge in [0.1, 0.15) is 0 Å². The van der Waals surface area contributed by atoms with E-state index < -0.39 is 6.04 Å². The van der Waals surface area contributed by atoms with Crippen LogP contribution >= 0.6 is 0 Å². The van der Waals surface area contributed by atoms with Gasteiger partial charge < -0.3 is 21.7 Å². The van der Waals surface area contributed by atoms with Gasteiger partial charge in [-0.3, -0.25) is 9.59 Å². The van der Waals surface area contributed by atoms with E-state index in [0.717, 1.165) is 24.3 Å². The molecule has 1 atom stereocenters. The minimum atomic E-state index is -0.594. The largest absolute Gasteiger partial charge is 0.384 e. The van der Waals surface area contributed by atoms with Crippen LogP contribution in [0.3, 0.4) is 0 Å². The van der Waals surface area contributed by atoms with E-state index in [1.807, 2.05) is 32.0 Å². The Hall–Kier alpha value is -2.08. The van der Waals surface area contributed by atoms with Crippen LogP contribution in [0, 0.1) is 5.92 Å². The average Bonchev–Trinajstić information content (AvgIpc) is 2.91. The highest BCUT2D eigenvalue weighted by Gasteiger charge is 2.17. The number of fused-ring (bicyclic) bond motifs is 1. The first-order chi connectivity index (χ1) is 9.97. The fraction of sp³-hybridized carbons (Fsp3) is 0.467. The van der Waals surface area contributed by atoms with Crippen molar-refractivity contribution < 1.29 is 9.59 Å². The van der Waals surface area contributed by atoms with E-state index in [4.69, 9.17) is 5.73 Å². The molecule has 1 aliphatic heterocycles. The number of benzene rings is 1. The molecule has 2 amide bonds. The summed E-state index contributed by atoms with van der Waals surface area (Å²) in [6.45, 7) is 4.58. The van der Waals surface area contributed by atoms with Crippen molar-refractivity contribution >= 4 is 23.2 Å². The third-order valence-corrected chi connectivity index (χ3v) is 3.54. The summed E-state index contributed by atoms with van der Waals surface area (Å²) in [7, 11) is 0. The highest BCUT2D eigenvalue weighted by atomic mass is 16.2. The number of carbonyl (C=O) groups is 2. The zero-order valence-electron chi connectivity index (χ0n) is 12.4. The Bertz CT molecular complexity index is 542. The summed E-state index contributed by atoms with van der Waals surface area (Å²) in [6.07, 6.45) is 0.957.